The van der Waals surface area contributed by atoms with Gasteiger partial charge in [0.2, 0.25) is 10.0 Å². The average molecular weight is 401 g/mol. The second-order valence-corrected chi connectivity index (χ2v) is 8.74. The number of quaternary nitrogens is 1. The predicted octanol–water partition coefficient (Wildman–Crippen LogP) is -0.662. The number of hydrogen-bond acceptors (Lipinski definition) is 4. The Labute approximate surface area is 158 Å². The van der Waals surface area contributed by atoms with E-state index in [4.69, 9.17) is 0 Å². The smallest absolute Gasteiger partial charge is 0.321 e. The summed E-state index contributed by atoms with van der Waals surface area (Å²) in [6.07, 6.45) is 0. The molecule has 0 bridgehead atoms. The van der Waals surface area contributed by atoms with Gasteiger partial charge in [0, 0.05) is 6.04 Å². The van der Waals surface area contributed by atoms with Gasteiger partial charge in [-0.15, -0.1) is 0 Å². The number of rotatable bonds is 5. The number of piperazine rings is 1. The molecular weight excluding hydrogens is 375 g/mol. The standard InChI is InChI=1S/C17H25FN4O4S/c1-12(2)19-17(24)20-16(23)13(3)21-8-10-22(11-9-21)27(25,26)15-7-5-4-6-14(15)18/h4-7,12-13H,8-11H2,1-3H3,(H2,19,20,23,24)/p+1/t13-/m0/s1. The van der Waals surface area contributed by atoms with Crippen molar-refractivity contribution in [3.05, 3.63) is 30.1 Å². The van der Waals surface area contributed by atoms with Crippen molar-refractivity contribution in [1.82, 2.24) is 14.9 Å². The Balaban J connectivity index is 1.95. The van der Waals surface area contributed by atoms with Gasteiger partial charge in [0.05, 0.1) is 26.2 Å². The Kier molecular flexibility index (Phi) is 6.90. The Hall–Kier alpha value is -2.04. The Morgan fingerprint density at radius 3 is 2.30 bits per heavy atom. The van der Waals surface area contributed by atoms with Crippen LogP contribution in [0.3, 0.4) is 0 Å². The van der Waals surface area contributed by atoms with E-state index in [0.29, 0.717) is 13.1 Å². The van der Waals surface area contributed by atoms with Gasteiger partial charge in [-0.2, -0.15) is 4.31 Å². The third kappa shape index (κ3) is 5.24. The van der Waals surface area contributed by atoms with Crippen LogP contribution in [0, 0.1) is 5.82 Å². The van der Waals surface area contributed by atoms with Crippen molar-refractivity contribution >= 4 is 22.0 Å². The molecule has 1 aliphatic rings. The zero-order valence-corrected chi connectivity index (χ0v) is 16.5. The van der Waals surface area contributed by atoms with Crippen LogP contribution in [0.5, 0.6) is 0 Å². The SMILES string of the molecule is CC(C)NC(=O)NC(=O)[C@H](C)[NH+]1CCN(S(=O)(=O)c2ccccc2F)CC1. The van der Waals surface area contributed by atoms with Crippen molar-refractivity contribution in [2.45, 2.75) is 37.8 Å². The summed E-state index contributed by atoms with van der Waals surface area (Å²) in [5.74, 6) is -1.20. The molecule has 0 radical (unpaired) electrons. The average Bonchev–Trinajstić information content (AvgIpc) is 2.60. The molecule has 1 aliphatic heterocycles. The quantitative estimate of drug-likeness (QED) is 0.610. The van der Waals surface area contributed by atoms with Crippen LogP contribution in [0.25, 0.3) is 0 Å². The lowest BCUT2D eigenvalue weighted by molar-refractivity contribution is -0.917. The maximum Gasteiger partial charge on any atom is 0.321 e. The second kappa shape index (κ2) is 8.77. The Morgan fingerprint density at radius 1 is 1.15 bits per heavy atom. The first-order chi connectivity index (χ1) is 12.6. The van der Waals surface area contributed by atoms with E-state index in [0.717, 1.165) is 11.0 Å². The number of amides is 3. The third-order valence-corrected chi connectivity index (χ3v) is 6.41. The number of sulfonamides is 1. The van der Waals surface area contributed by atoms with E-state index in [9.17, 15) is 22.4 Å². The third-order valence-electron chi connectivity index (χ3n) is 4.48. The number of nitrogens with zero attached hydrogens (tertiary/aromatic N) is 1. The lowest BCUT2D eigenvalue weighted by Gasteiger charge is -2.34. The van der Waals surface area contributed by atoms with Crippen LogP contribution in [-0.4, -0.2) is 62.9 Å². The van der Waals surface area contributed by atoms with Crippen molar-refractivity contribution in [2.75, 3.05) is 26.2 Å². The van der Waals surface area contributed by atoms with E-state index in [1.54, 1.807) is 20.8 Å². The highest BCUT2D eigenvalue weighted by molar-refractivity contribution is 7.89. The number of benzene rings is 1. The van der Waals surface area contributed by atoms with Gasteiger partial charge in [0.1, 0.15) is 10.7 Å². The minimum atomic E-state index is -3.91. The monoisotopic (exact) mass is 401 g/mol. The van der Waals surface area contributed by atoms with Gasteiger partial charge in [0.25, 0.3) is 5.91 Å². The normalized spacial score (nSPS) is 17.5. The number of halogens is 1. The highest BCUT2D eigenvalue weighted by Crippen LogP contribution is 2.18. The summed E-state index contributed by atoms with van der Waals surface area (Å²) in [6, 6.07) is 4.12. The van der Waals surface area contributed by atoms with E-state index >= 15 is 0 Å². The van der Waals surface area contributed by atoms with Gasteiger partial charge in [-0.25, -0.2) is 17.6 Å². The van der Waals surface area contributed by atoms with Crippen molar-refractivity contribution < 1.29 is 27.3 Å². The van der Waals surface area contributed by atoms with Crippen LogP contribution in [0.4, 0.5) is 9.18 Å². The van der Waals surface area contributed by atoms with E-state index in [2.05, 4.69) is 10.6 Å². The van der Waals surface area contributed by atoms with Gasteiger partial charge in [-0.1, -0.05) is 12.1 Å². The summed E-state index contributed by atoms with van der Waals surface area (Å²) in [5, 5.41) is 4.87. The van der Waals surface area contributed by atoms with Crippen LogP contribution in [-0.2, 0) is 14.8 Å². The van der Waals surface area contributed by atoms with E-state index in [-0.39, 0.29) is 24.0 Å². The minimum absolute atomic E-state index is 0.0902. The molecule has 0 unspecified atom stereocenters. The zero-order chi connectivity index (χ0) is 20.2. The fourth-order valence-corrected chi connectivity index (χ4v) is 4.45. The number of carbonyl (C=O) groups is 2. The van der Waals surface area contributed by atoms with Crippen molar-refractivity contribution in [3.63, 3.8) is 0 Å². The van der Waals surface area contributed by atoms with Crippen molar-refractivity contribution in [1.29, 1.82) is 0 Å². The minimum Gasteiger partial charge on any atom is -0.336 e. The highest BCUT2D eigenvalue weighted by atomic mass is 32.2. The summed E-state index contributed by atoms with van der Waals surface area (Å²) in [7, 11) is -3.91. The predicted molar refractivity (Wildman–Crippen MR) is 97.1 cm³/mol. The molecule has 1 fully saturated rings. The van der Waals surface area contributed by atoms with Gasteiger partial charge in [-0.05, 0) is 32.9 Å². The van der Waals surface area contributed by atoms with Crippen LogP contribution in [0.1, 0.15) is 20.8 Å². The van der Waals surface area contributed by atoms with Gasteiger partial charge in [0.15, 0.2) is 6.04 Å². The summed E-state index contributed by atoms with van der Waals surface area (Å²) in [5.41, 5.74) is 0. The van der Waals surface area contributed by atoms with E-state index in [1.165, 1.54) is 22.5 Å². The molecule has 1 aromatic rings. The first-order valence-corrected chi connectivity index (χ1v) is 10.3. The van der Waals surface area contributed by atoms with E-state index in [1.807, 2.05) is 0 Å². The van der Waals surface area contributed by atoms with Crippen molar-refractivity contribution in [3.8, 4) is 0 Å². The first-order valence-electron chi connectivity index (χ1n) is 8.83. The largest absolute Gasteiger partial charge is 0.336 e. The molecule has 2 rings (SSSR count). The molecule has 8 nitrogen and oxygen atoms in total. The molecule has 3 amide bonds. The van der Waals surface area contributed by atoms with Gasteiger partial charge >= 0.3 is 6.03 Å². The highest BCUT2D eigenvalue weighted by Gasteiger charge is 2.35. The topological polar surface area (TPSA) is 100 Å². The van der Waals surface area contributed by atoms with Gasteiger partial charge in [-0.3, -0.25) is 10.1 Å². The number of imide groups is 1. The van der Waals surface area contributed by atoms with Gasteiger partial charge < -0.3 is 10.2 Å². The molecule has 10 heteroatoms. The molecule has 1 heterocycles. The maximum atomic E-state index is 13.9. The molecule has 0 saturated carbocycles. The summed E-state index contributed by atoms with van der Waals surface area (Å²) < 4.78 is 40.3. The molecule has 1 aromatic carbocycles. The number of hydrogen-bond donors (Lipinski definition) is 3. The fraction of sp³-hybridized carbons (Fsp3) is 0.529. The molecule has 27 heavy (non-hydrogen) atoms. The molecule has 1 saturated heterocycles. The summed E-state index contributed by atoms with van der Waals surface area (Å²) in [6.45, 7) is 6.36. The Morgan fingerprint density at radius 2 is 1.74 bits per heavy atom. The molecule has 1 atom stereocenters. The molecule has 0 aromatic heterocycles. The molecule has 150 valence electrons. The number of urea groups is 1. The number of carbonyl (C=O) groups excluding carboxylic acids is 2. The van der Waals surface area contributed by atoms with Crippen LogP contribution in [0.2, 0.25) is 0 Å². The molecule has 3 N–H and O–H groups in total. The molecule has 0 spiro atoms. The lowest BCUT2D eigenvalue weighted by atomic mass is 10.2. The number of nitrogens with one attached hydrogen (secondary N) is 3. The van der Waals surface area contributed by atoms with Crippen LogP contribution >= 0.6 is 0 Å². The Bertz CT molecular complexity index is 792. The van der Waals surface area contributed by atoms with Crippen LogP contribution < -0.4 is 15.5 Å². The summed E-state index contributed by atoms with van der Waals surface area (Å²) >= 11 is 0. The van der Waals surface area contributed by atoms with E-state index < -0.39 is 33.8 Å². The fourth-order valence-electron chi connectivity index (χ4n) is 2.94. The second-order valence-electron chi connectivity index (χ2n) is 6.83. The molecular formula is C17H26FN4O4S+. The lowest BCUT2D eigenvalue weighted by Crippen LogP contribution is -3.19. The van der Waals surface area contributed by atoms with Crippen molar-refractivity contribution in [2.24, 2.45) is 0 Å². The first kappa shape index (κ1) is 21.3. The van der Waals surface area contributed by atoms with Crippen LogP contribution in [0.15, 0.2) is 29.2 Å². The summed E-state index contributed by atoms with van der Waals surface area (Å²) in [4.78, 5) is 24.4. The maximum absolute atomic E-state index is 13.9. The molecule has 0 aliphatic carbocycles. The zero-order valence-electron chi connectivity index (χ0n) is 15.7.